The Kier molecular flexibility index (Phi) is 9.09. The molecule has 128 valence electrons. The van der Waals surface area contributed by atoms with E-state index in [-0.39, 0.29) is 30.4 Å². The number of halogens is 6. The Labute approximate surface area is 148 Å². The topological polar surface area (TPSA) is 24.5 Å². The van der Waals surface area contributed by atoms with Gasteiger partial charge in [0.25, 0.3) is 0 Å². The lowest BCUT2D eigenvalue weighted by atomic mass is 10.0. The summed E-state index contributed by atoms with van der Waals surface area (Å²) >= 11 is 3.24. The molecule has 0 amide bonds. The highest BCUT2D eigenvalue weighted by Crippen LogP contribution is 2.40. The smallest absolute Gasteiger partial charge is 0.408 e. The molecule has 0 saturated carbocycles. The third-order valence-electron chi connectivity index (χ3n) is 3.32. The first-order valence-corrected chi connectivity index (χ1v) is 7.07. The van der Waals surface area contributed by atoms with Crippen molar-refractivity contribution in [2.45, 2.75) is 12.2 Å². The summed E-state index contributed by atoms with van der Waals surface area (Å²) in [6, 6.07) is 2.94. The fraction of sp³-hybridized carbons (Fsp3) is 0.538. The highest BCUT2D eigenvalue weighted by atomic mass is 79.9. The molecule has 9 heteroatoms. The fourth-order valence-electron chi connectivity index (χ4n) is 2.40. The van der Waals surface area contributed by atoms with Crippen molar-refractivity contribution in [2.75, 3.05) is 33.3 Å². The normalized spacial score (nSPS) is 17.1. The quantitative estimate of drug-likeness (QED) is 0.796. The molecule has 0 bridgehead atoms. The Morgan fingerprint density at radius 1 is 1.23 bits per heavy atom. The molecule has 1 aliphatic rings. The Bertz CT molecular complexity index is 471. The zero-order valence-electron chi connectivity index (χ0n) is 11.8. The van der Waals surface area contributed by atoms with Gasteiger partial charge in [-0.1, -0.05) is 6.07 Å². The van der Waals surface area contributed by atoms with Crippen molar-refractivity contribution in [3.63, 3.8) is 0 Å². The zero-order chi connectivity index (χ0) is 14.8. The van der Waals surface area contributed by atoms with E-state index in [9.17, 15) is 13.2 Å². The Balaban J connectivity index is 0.00000220. The molecule has 2 rings (SSSR count). The molecule has 0 radical (unpaired) electrons. The Morgan fingerprint density at radius 3 is 2.27 bits per heavy atom. The van der Waals surface area contributed by atoms with E-state index >= 15 is 0 Å². The molecule has 1 aromatic carbocycles. The molecule has 1 N–H and O–H groups in total. The first-order valence-electron chi connectivity index (χ1n) is 6.28. The van der Waals surface area contributed by atoms with Crippen LogP contribution in [0.4, 0.5) is 13.2 Å². The summed E-state index contributed by atoms with van der Waals surface area (Å²) in [6.45, 7) is 1.91. The molecule has 22 heavy (non-hydrogen) atoms. The number of nitrogens with zero attached hydrogens (tertiary/aromatic N) is 1. The Morgan fingerprint density at radius 2 is 1.82 bits per heavy atom. The highest BCUT2D eigenvalue weighted by molar-refractivity contribution is 9.10. The van der Waals surface area contributed by atoms with Gasteiger partial charge in [0.15, 0.2) is 0 Å². The average molecular weight is 426 g/mol. The minimum atomic E-state index is -4.30. The van der Waals surface area contributed by atoms with Gasteiger partial charge >= 0.3 is 6.18 Å². The molecule has 1 fully saturated rings. The summed E-state index contributed by atoms with van der Waals surface area (Å²) in [5.74, 6) is 0.523. The van der Waals surface area contributed by atoms with Crippen molar-refractivity contribution in [3.8, 4) is 5.75 Å². The number of hydrogen-bond acceptors (Lipinski definition) is 3. The lowest BCUT2D eigenvalue weighted by Gasteiger charge is -2.36. The predicted molar refractivity (Wildman–Crippen MR) is 88.4 cm³/mol. The Hall–Kier alpha value is -0.210. The van der Waals surface area contributed by atoms with Crippen LogP contribution in [-0.4, -0.2) is 44.4 Å². The van der Waals surface area contributed by atoms with Crippen molar-refractivity contribution in [1.29, 1.82) is 0 Å². The number of ether oxygens (including phenoxy) is 1. The minimum Gasteiger partial charge on any atom is -0.496 e. The van der Waals surface area contributed by atoms with Crippen LogP contribution in [0.15, 0.2) is 22.7 Å². The molecular formula is C13H18BrCl2F3N2O. The van der Waals surface area contributed by atoms with Gasteiger partial charge < -0.3 is 10.1 Å². The van der Waals surface area contributed by atoms with Gasteiger partial charge in [0.1, 0.15) is 11.8 Å². The SMILES string of the molecule is COc1ccc([C@@H](N2CCNCC2)C(F)(F)F)cc1Br.Cl.Cl. The molecule has 1 aliphatic heterocycles. The summed E-state index contributed by atoms with van der Waals surface area (Å²) < 4.78 is 45.8. The van der Waals surface area contributed by atoms with Gasteiger partial charge in [-0.25, -0.2) is 0 Å². The number of piperazine rings is 1. The van der Waals surface area contributed by atoms with E-state index in [0.29, 0.717) is 36.4 Å². The molecule has 1 atom stereocenters. The van der Waals surface area contributed by atoms with E-state index in [1.165, 1.54) is 24.1 Å². The zero-order valence-corrected chi connectivity index (χ0v) is 15.0. The van der Waals surface area contributed by atoms with Gasteiger partial charge in [0.05, 0.1) is 11.6 Å². The molecule has 3 nitrogen and oxygen atoms in total. The maximum Gasteiger partial charge on any atom is 0.408 e. The number of benzene rings is 1. The number of methoxy groups -OCH3 is 1. The van der Waals surface area contributed by atoms with Crippen LogP contribution in [0.2, 0.25) is 0 Å². The van der Waals surface area contributed by atoms with Crippen LogP contribution < -0.4 is 10.1 Å². The molecule has 0 spiro atoms. The standard InChI is InChI=1S/C13H16BrF3N2O.2ClH/c1-20-11-3-2-9(8-10(11)14)12(13(15,16)17)19-6-4-18-5-7-19;;/h2-3,8,12,18H,4-7H2,1H3;2*1H/t12-;;/m1../s1. The van der Waals surface area contributed by atoms with Gasteiger partial charge in [0.2, 0.25) is 0 Å². The van der Waals surface area contributed by atoms with Crippen LogP contribution in [0.1, 0.15) is 11.6 Å². The second kappa shape index (κ2) is 9.17. The maximum atomic E-state index is 13.4. The van der Waals surface area contributed by atoms with Crippen LogP contribution in [0.25, 0.3) is 0 Å². The van der Waals surface area contributed by atoms with Crippen LogP contribution in [0, 0.1) is 0 Å². The van der Waals surface area contributed by atoms with Crippen molar-refractivity contribution >= 4 is 40.7 Å². The lowest BCUT2D eigenvalue weighted by molar-refractivity contribution is -0.187. The van der Waals surface area contributed by atoms with Crippen LogP contribution >= 0.6 is 40.7 Å². The van der Waals surface area contributed by atoms with Crippen LogP contribution in [0.3, 0.4) is 0 Å². The summed E-state index contributed by atoms with van der Waals surface area (Å²) in [5.41, 5.74) is 0.229. The van der Waals surface area contributed by atoms with Gasteiger partial charge in [-0.05, 0) is 33.6 Å². The van der Waals surface area contributed by atoms with E-state index < -0.39 is 12.2 Å². The molecule has 1 saturated heterocycles. The number of nitrogens with one attached hydrogen (secondary N) is 1. The van der Waals surface area contributed by atoms with E-state index in [1.807, 2.05) is 0 Å². The van der Waals surface area contributed by atoms with Crippen LogP contribution in [-0.2, 0) is 0 Å². The van der Waals surface area contributed by atoms with Crippen molar-refractivity contribution in [2.24, 2.45) is 0 Å². The molecule has 0 unspecified atom stereocenters. The number of rotatable bonds is 3. The summed E-state index contributed by atoms with van der Waals surface area (Å²) in [7, 11) is 1.48. The first kappa shape index (κ1) is 21.8. The van der Waals surface area contributed by atoms with Gasteiger partial charge in [0, 0.05) is 26.2 Å². The van der Waals surface area contributed by atoms with E-state index in [0.717, 1.165) is 0 Å². The molecule has 0 aliphatic carbocycles. The maximum absolute atomic E-state index is 13.4. The molecule has 1 aromatic rings. The van der Waals surface area contributed by atoms with Gasteiger partial charge in [-0.15, -0.1) is 24.8 Å². The van der Waals surface area contributed by atoms with Crippen molar-refractivity contribution in [1.82, 2.24) is 10.2 Å². The third kappa shape index (κ3) is 5.16. The summed E-state index contributed by atoms with van der Waals surface area (Å²) in [4.78, 5) is 1.46. The molecule has 0 aromatic heterocycles. The van der Waals surface area contributed by atoms with Gasteiger partial charge in [-0.2, -0.15) is 13.2 Å². The largest absolute Gasteiger partial charge is 0.496 e. The number of hydrogen-bond donors (Lipinski definition) is 1. The average Bonchev–Trinajstić information content (AvgIpc) is 2.39. The second-order valence-electron chi connectivity index (χ2n) is 4.62. The van der Waals surface area contributed by atoms with Crippen molar-refractivity contribution < 1.29 is 17.9 Å². The van der Waals surface area contributed by atoms with E-state index in [2.05, 4.69) is 21.2 Å². The molecular weight excluding hydrogens is 408 g/mol. The summed E-state index contributed by atoms with van der Waals surface area (Å²) in [6.07, 6.45) is -4.30. The predicted octanol–water partition coefficient (Wildman–Crippen LogP) is 3.81. The fourth-order valence-corrected chi connectivity index (χ4v) is 2.96. The van der Waals surface area contributed by atoms with E-state index in [1.54, 1.807) is 6.07 Å². The number of alkyl halides is 3. The third-order valence-corrected chi connectivity index (χ3v) is 3.94. The minimum absolute atomic E-state index is 0. The first-order chi connectivity index (χ1) is 9.43. The second-order valence-corrected chi connectivity index (χ2v) is 5.48. The lowest BCUT2D eigenvalue weighted by Crippen LogP contribution is -2.49. The van der Waals surface area contributed by atoms with Crippen molar-refractivity contribution in [3.05, 3.63) is 28.2 Å². The van der Waals surface area contributed by atoms with Crippen LogP contribution in [0.5, 0.6) is 5.75 Å². The highest BCUT2D eigenvalue weighted by Gasteiger charge is 2.45. The summed E-state index contributed by atoms with van der Waals surface area (Å²) in [5, 5.41) is 3.06. The van der Waals surface area contributed by atoms with Gasteiger partial charge in [-0.3, -0.25) is 4.90 Å². The monoisotopic (exact) mass is 424 g/mol. The molecule has 1 heterocycles. The van der Waals surface area contributed by atoms with E-state index in [4.69, 9.17) is 4.74 Å².